The molecule has 2 amide bonds. The van der Waals surface area contributed by atoms with E-state index < -0.39 is 5.91 Å². The molecule has 5 nitrogen and oxygen atoms in total. The van der Waals surface area contributed by atoms with Crippen LogP contribution in [0.15, 0.2) is 53.0 Å². The maximum atomic E-state index is 12.5. The van der Waals surface area contributed by atoms with Crippen molar-refractivity contribution in [1.29, 1.82) is 0 Å². The largest absolute Gasteiger partial charge is 0.493 e. The smallest absolute Gasteiger partial charge is 0.273 e. The highest BCUT2D eigenvalue weighted by Gasteiger charge is 2.14. The Balaban J connectivity index is 1.88. The number of ether oxygens (including phenoxy) is 1. The Labute approximate surface area is 168 Å². The van der Waals surface area contributed by atoms with Crippen molar-refractivity contribution in [3.05, 3.63) is 64.1 Å². The van der Waals surface area contributed by atoms with Crippen LogP contribution in [-0.4, -0.2) is 18.4 Å². The first kappa shape index (κ1) is 21.0. The summed E-state index contributed by atoms with van der Waals surface area (Å²) in [6.07, 6.45) is 1.80. The van der Waals surface area contributed by atoms with Crippen molar-refractivity contribution in [2.75, 3.05) is 6.61 Å². The first-order chi connectivity index (χ1) is 13.0. The highest BCUT2D eigenvalue weighted by atomic mass is 79.9. The fourth-order valence-electron chi connectivity index (χ4n) is 2.37. The second-order valence-corrected chi connectivity index (χ2v) is 7.58. The number of carbonyl (C=O) groups is 2. The minimum absolute atomic E-state index is 0.246. The molecule has 0 saturated carbocycles. The van der Waals surface area contributed by atoms with E-state index in [1.54, 1.807) is 12.1 Å². The Kier molecular flexibility index (Phi) is 8.33. The standard InChI is InChI=1S/C21H25BrN2O3/c1-15(2)12-13-27-19-10-9-17(22)14-18(19)21(26)24-23-20(25)11-8-16-6-4-3-5-7-16/h3-7,9-10,14-15H,8,11-13H2,1-2H3,(H,23,25)(H,24,26). The monoisotopic (exact) mass is 432 g/mol. The summed E-state index contributed by atoms with van der Waals surface area (Å²) in [6, 6.07) is 15.0. The zero-order valence-electron chi connectivity index (χ0n) is 15.6. The minimum atomic E-state index is -0.413. The quantitative estimate of drug-likeness (QED) is 0.612. The van der Waals surface area contributed by atoms with Gasteiger partial charge in [-0.25, -0.2) is 0 Å². The van der Waals surface area contributed by atoms with Crippen LogP contribution < -0.4 is 15.6 Å². The topological polar surface area (TPSA) is 67.4 Å². The van der Waals surface area contributed by atoms with Crippen molar-refractivity contribution in [1.82, 2.24) is 10.9 Å². The zero-order chi connectivity index (χ0) is 19.6. The summed E-state index contributed by atoms with van der Waals surface area (Å²) in [5.41, 5.74) is 6.37. The summed E-state index contributed by atoms with van der Waals surface area (Å²) in [6.45, 7) is 4.76. The van der Waals surface area contributed by atoms with Gasteiger partial charge in [-0.3, -0.25) is 20.4 Å². The van der Waals surface area contributed by atoms with Gasteiger partial charge in [0.15, 0.2) is 0 Å². The zero-order valence-corrected chi connectivity index (χ0v) is 17.2. The van der Waals surface area contributed by atoms with Crippen LogP contribution in [0.5, 0.6) is 5.75 Å². The maximum absolute atomic E-state index is 12.5. The second-order valence-electron chi connectivity index (χ2n) is 6.66. The number of hydrogen-bond donors (Lipinski definition) is 2. The lowest BCUT2D eigenvalue weighted by Crippen LogP contribution is -2.41. The number of amides is 2. The third-order valence-electron chi connectivity index (χ3n) is 3.94. The van der Waals surface area contributed by atoms with Gasteiger partial charge in [0.1, 0.15) is 5.75 Å². The molecule has 0 aliphatic heterocycles. The van der Waals surface area contributed by atoms with Crippen molar-refractivity contribution in [2.45, 2.75) is 33.1 Å². The van der Waals surface area contributed by atoms with Gasteiger partial charge in [0.25, 0.3) is 5.91 Å². The van der Waals surface area contributed by atoms with Gasteiger partial charge in [-0.1, -0.05) is 60.1 Å². The van der Waals surface area contributed by atoms with Crippen molar-refractivity contribution >= 4 is 27.7 Å². The van der Waals surface area contributed by atoms with Crippen LogP contribution in [0.2, 0.25) is 0 Å². The van der Waals surface area contributed by atoms with E-state index >= 15 is 0 Å². The van der Waals surface area contributed by atoms with Gasteiger partial charge >= 0.3 is 0 Å². The molecule has 0 atom stereocenters. The molecule has 0 radical (unpaired) electrons. The van der Waals surface area contributed by atoms with Gasteiger partial charge in [-0.2, -0.15) is 0 Å². The molecule has 144 valence electrons. The molecule has 0 aliphatic rings. The van der Waals surface area contributed by atoms with Gasteiger partial charge in [-0.15, -0.1) is 0 Å². The van der Waals surface area contributed by atoms with E-state index in [2.05, 4.69) is 40.6 Å². The first-order valence-electron chi connectivity index (χ1n) is 9.01. The number of hydrogen-bond acceptors (Lipinski definition) is 3. The molecule has 2 aromatic carbocycles. The molecule has 0 heterocycles. The van der Waals surface area contributed by atoms with Crippen LogP contribution in [-0.2, 0) is 11.2 Å². The summed E-state index contributed by atoms with van der Waals surface area (Å²) < 4.78 is 6.51. The Bertz CT molecular complexity index is 763. The molecule has 2 N–H and O–H groups in total. The number of hydrazine groups is 1. The van der Waals surface area contributed by atoms with Gasteiger partial charge < -0.3 is 4.74 Å². The predicted molar refractivity (Wildman–Crippen MR) is 109 cm³/mol. The Morgan fingerprint density at radius 3 is 2.52 bits per heavy atom. The lowest BCUT2D eigenvalue weighted by Gasteiger charge is -2.13. The number of aryl methyl sites for hydroxylation is 1. The van der Waals surface area contributed by atoms with E-state index in [-0.39, 0.29) is 5.91 Å². The molecule has 0 aliphatic carbocycles. The van der Waals surface area contributed by atoms with E-state index in [0.29, 0.717) is 36.7 Å². The van der Waals surface area contributed by atoms with Crippen LogP contribution in [0, 0.1) is 5.92 Å². The Morgan fingerprint density at radius 2 is 1.81 bits per heavy atom. The third kappa shape index (κ3) is 7.43. The number of carbonyl (C=O) groups excluding carboxylic acids is 2. The minimum Gasteiger partial charge on any atom is -0.493 e. The summed E-state index contributed by atoms with van der Waals surface area (Å²) in [5, 5.41) is 0. The van der Waals surface area contributed by atoms with E-state index in [9.17, 15) is 9.59 Å². The van der Waals surface area contributed by atoms with Gasteiger partial charge in [0.2, 0.25) is 5.91 Å². The number of benzene rings is 2. The molecule has 2 aromatic rings. The molecular weight excluding hydrogens is 408 g/mol. The summed E-state index contributed by atoms with van der Waals surface area (Å²) in [7, 11) is 0. The van der Waals surface area contributed by atoms with Crippen molar-refractivity contribution in [2.24, 2.45) is 5.92 Å². The molecule has 2 rings (SSSR count). The highest BCUT2D eigenvalue weighted by molar-refractivity contribution is 9.10. The lowest BCUT2D eigenvalue weighted by atomic mass is 10.1. The normalized spacial score (nSPS) is 10.5. The fraction of sp³-hybridized carbons (Fsp3) is 0.333. The van der Waals surface area contributed by atoms with E-state index in [0.717, 1.165) is 16.5 Å². The van der Waals surface area contributed by atoms with E-state index in [1.807, 2.05) is 36.4 Å². The molecule has 0 bridgehead atoms. The molecule has 0 saturated heterocycles. The molecule has 0 fully saturated rings. The lowest BCUT2D eigenvalue weighted by molar-refractivity contribution is -0.121. The van der Waals surface area contributed by atoms with Crippen LogP contribution >= 0.6 is 15.9 Å². The SMILES string of the molecule is CC(C)CCOc1ccc(Br)cc1C(=O)NNC(=O)CCc1ccccc1. The molecular formula is C21H25BrN2O3. The number of halogens is 1. The van der Waals surface area contributed by atoms with Crippen molar-refractivity contribution < 1.29 is 14.3 Å². The first-order valence-corrected chi connectivity index (χ1v) is 9.80. The molecule has 0 spiro atoms. The maximum Gasteiger partial charge on any atom is 0.273 e. The van der Waals surface area contributed by atoms with Crippen LogP contribution in [0.4, 0.5) is 0 Å². The van der Waals surface area contributed by atoms with Crippen LogP contribution in [0.1, 0.15) is 42.6 Å². The summed E-state index contributed by atoms with van der Waals surface area (Å²) in [4.78, 5) is 24.5. The van der Waals surface area contributed by atoms with Crippen LogP contribution in [0.25, 0.3) is 0 Å². The van der Waals surface area contributed by atoms with Crippen molar-refractivity contribution in [3.63, 3.8) is 0 Å². The molecule has 0 aromatic heterocycles. The van der Waals surface area contributed by atoms with Crippen molar-refractivity contribution in [3.8, 4) is 5.75 Å². The second kappa shape index (κ2) is 10.7. The highest BCUT2D eigenvalue weighted by Crippen LogP contribution is 2.23. The van der Waals surface area contributed by atoms with Gasteiger partial charge in [0.05, 0.1) is 12.2 Å². The predicted octanol–water partition coefficient (Wildman–Crippen LogP) is 4.27. The average Bonchev–Trinajstić information content (AvgIpc) is 2.66. The Hall–Kier alpha value is -2.34. The number of nitrogens with one attached hydrogen (secondary N) is 2. The molecule has 27 heavy (non-hydrogen) atoms. The summed E-state index contributed by atoms with van der Waals surface area (Å²) in [5.74, 6) is 0.352. The molecule has 0 unspecified atom stereocenters. The number of rotatable bonds is 8. The fourth-order valence-corrected chi connectivity index (χ4v) is 2.73. The third-order valence-corrected chi connectivity index (χ3v) is 4.43. The average molecular weight is 433 g/mol. The van der Waals surface area contributed by atoms with E-state index in [4.69, 9.17) is 4.74 Å². The molecule has 6 heteroatoms. The van der Waals surface area contributed by atoms with E-state index in [1.165, 1.54) is 0 Å². The van der Waals surface area contributed by atoms with Gasteiger partial charge in [0, 0.05) is 10.9 Å². The van der Waals surface area contributed by atoms with Crippen LogP contribution in [0.3, 0.4) is 0 Å². The van der Waals surface area contributed by atoms with Gasteiger partial charge in [-0.05, 0) is 42.5 Å². The summed E-state index contributed by atoms with van der Waals surface area (Å²) >= 11 is 3.36. The Morgan fingerprint density at radius 1 is 1.07 bits per heavy atom.